The molecule has 0 saturated carbocycles. The van der Waals surface area contributed by atoms with Crippen LogP contribution in [0.1, 0.15) is 27.9 Å². The Morgan fingerprint density at radius 2 is 2.31 bits per heavy atom. The second-order valence-electron chi connectivity index (χ2n) is 3.27. The van der Waals surface area contributed by atoms with Gasteiger partial charge >= 0.3 is 5.97 Å². The molecule has 16 heavy (non-hydrogen) atoms. The number of carbonyl (C=O) groups excluding carboxylic acids is 1. The molecule has 0 spiro atoms. The number of alkyl halides is 1. The fourth-order valence-electron chi connectivity index (χ4n) is 1.41. The summed E-state index contributed by atoms with van der Waals surface area (Å²) in [6, 6.07) is 7.01. The van der Waals surface area contributed by atoms with E-state index in [4.69, 9.17) is 16.9 Å². The Kier molecular flexibility index (Phi) is 4.81. The van der Waals surface area contributed by atoms with Crippen LogP contribution in [-0.2, 0) is 11.2 Å². The van der Waals surface area contributed by atoms with E-state index in [2.05, 4.69) is 10.8 Å². The number of ether oxygens (including phenoxy) is 1. The van der Waals surface area contributed by atoms with Crippen molar-refractivity contribution in [3.63, 3.8) is 0 Å². The van der Waals surface area contributed by atoms with Crippen LogP contribution in [0.2, 0.25) is 0 Å². The maximum atomic E-state index is 11.3. The lowest BCUT2D eigenvalue weighted by Crippen LogP contribution is -2.03. The minimum Gasteiger partial charge on any atom is -0.465 e. The van der Waals surface area contributed by atoms with Crippen LogP contribution in [0.5, 0.6) is 0 Å². The number of aryl methyl sites for hydroxylation is 1. The van der Waals surface area contributed by atoms with Gasteiger partial charge in [0.2, 0.25) is 0 Å². The lowest BCUT2D eigenvalue weighted by Gasteiger charge is -2.05. The molecule has 0 aliphatic heterocycles. The van der Waals surface area contributed by atoms with Crippen molar-refractivity contribution >= 4 is 17.6 Å². The molecule has 0 saturated heterocycles. The minimum atomic E-state index is -0.392. The Morgan fingerprint density at radius 1 is 1.56 bits per heavy atom. The van der Waals surface area contributed by atoms with E-state index in [1.54, 1.807) is 18.2 Å². The maximum absolute atomic E-state index is 11.3. The van der Waals surface area contributed by atoms with Gasteiger partial charge in [-0.2, -0.15) is 5.26 Å². The first kappa shape index (κ1) is 12.5. The van der Waals surface area contributed by atoms with Gasteiger partial charge in [0.05, 0.1) is 24.3 Å². The zero-order valence-electron chi connectivity index (χ0n) is 9.00. The summed E-state index contributed by atoms with van der Waals surface area (Å²) >= 11 is 5.60. The Hall–Kier alpha value is -1.53. The summed E-state index contributed by atoms with van der Waals surface area (Å²) in [5.41, 5.74) is 1.88. The molecule has 1 aromatic rings. The number of nitrogens with zero attached hydrogens (tertiary/aromatic N) is 1. The van der Waals surface area contributed by atoms with Crippen molar-refractivity contribution in [2.24, 2.45) is 0 Å². The number of rotatable bonds is 4. The molecule has 0 bridgehead atoms. The predicted molar refractivity (Wildman–Crippen MR) is 61.5 cm³/mol. The molecule has 84 valence electrons. The molecule has 0 amide bonds. The van der Waals surface area contributed by atoms with Crippen molar-refractivity contribution in [2.45, 2.75) is 12.8 Å². The van der Waals surface area contributed by atoms with Gasteiger partial charge in [-0.25, -0.2) is 4.79 Å². The van der Waals surface area contributed by atoms with Gasteiger partial charge in [-0.3, -0.25) is 0 Å². The van der Waals surface area contributed by atoms with Crippen LogP contribution < -0.4 is 0 Å². The number of benzene rings is 1. The summed E-state index contributed by atoms with van der Waals surface area (Å²) in [5.74, 6) is 0.143. The third-order valence-electron chi connectivity index (χ3n) is 2.23. The second-order valence-corrected chi connectivity index (χ2v) is 3.65. The second kappa shape index (κ2) is 6.14. The van der Waals surface area contributed by atoms with Gasteiger partial charge < -0.3 is 4.74 Å². The van der Waals surface area contributed by atoms with Crippen molar-refractivity contribution in [1.82, 2.24) is 0 Å². The van der Waals surface area contributed by atoms with Gasteiger partial charge in [-0.15, -0.1) is 11.6 Å². The normalized spacial score (nSPS) is 9.56. The lowest BCUT2D eigenvalue weighted by molar-refractivity contribution is 0.0600. The number of hydrogen-bond acceptors (Lipinski definition) is 3. The molecular formula is C12H12ClNO2. The van der Waals surface area contributed by atoms with E-state index >= 15 is 0 Å². The Balaban J connectivity index is 3.02. The molecule has 1 rings (SSSR count). The molecule has 0 aromatic heterocycles. The summed E-state index contributed by atoms with van der Waals surface area (Å²) in [7, 11) is 1.33. The quantitative estimate of drug-likeness (QED) is 0.597. The molecule has 4 heteroatoms. The first-order valence-electron chi connectivity index (χ1n) is 4.90. The molecule has 0 atom stereocenters. The first-order valence-corrected chi connectivity index (χ1v) is 5.43. The highest BCUT2D eigenvalue weighted by Crippen LogP contribution is 2.14. The molecule has 0 unspecified atom stereocenters. The average molecular weight is 238 g/mol. The van der Waals surface area contributed by atoms with Crippen LogP contribution in [-0.4, -0.2) is 19.0 Å². The summed E-state index contributed by atoms with van der Waals surface area (Å²) in [6.45, 7) is 0. The Morgan fingerprint density at radius 3 is 2.88 bits per heavy atom. The van der Waals surface area contributed by atoms with E-state index in [0.29, 0.717) is 23.4 Å². The smallest absolute Gasteiger partial charge is 0.337 e. The van der Waals surface area contributed by atoms with Gasteiger partial charge in [0.1, 0.15) is 0 Å². The monoisotopic (exact) mass is 237 g/mol. The largest absolute Gasteiger partial charge is 0.465 e. The molecule has 1 aromatic carbocycles. The van der Waals surface area contributed by atoms with Crippen molar-refractivity contribution in [2.75, 3.05) is 13.0 Å². The fraction of sp³-hybridized carbons (Fsp3) is 0.333. The predicted octanol–water partition coefficient (Wildman–Crippen LogP) is 2.52. The van der Waals surface area contributed by atoms with Gasteiger partial charge in [0.25, 0.3) is 0 Å². The molecule has 0 N–H and O–H groups in total. The van der Waals surface area contributed by atoms with Crippen LogP contribution >= 0.6 is 11.6 Å². The Labute approximate surface area is 99.6 Å². The first-order chi connectivity index (χ1) is 7.72. The van der Waals surface area contributed by atoms with Crippen LogP contribution in [0.4, 0.5) is 0 Å². The molecule has 0 heterocycles. The Bertz CT molecular complexity index is 424. The van der Waals surface area contributed by atoms with Crippen LogP contribution in [0.3, 0.4) is 0 Å². The molecule has 3 nitrogen and oxygen atoms in total. The van der Waals surface area contributed by atoms with Crippen LogP contribution in [0.15, 0.2) is 18.2 Å². The maximum Gasteiger partial charge on any atom is 0.337 e. The topological polar surface area (TPSA) is 50.1 Å². The number of esters is 1. The number of carbonyl (C=O) groups is 1. The minimum absolute atomic E-state index is 0.392. The van der Waals surface area contributed by atoms with Gasteiger partial charge in [0, 0.05) is 5.88 Å². The standard InChI is InChI=1S/C12H12ClNO2/c1-16-12(15)10-4-5-11(8-14)9(7-10)3-2-6-13/h4-5,7H,2-3,6H2,1H3. The number of methoxy groups -OCH3 is 1. The SMILES string of the molecule is COC(=O)c1ccc(C#N)c(CCCCl)c1. The zero-order chi connectivity index (χ0) is 12.0. The number of nitriles is 1. The lowest BCUT2D eigenvalue weighted by atomic mass is 10.0. The summed E-state index contributed by atoms with van der Waals surface area (Å²) in [4.78, 5) is 11.3. The summed E-state index contributed by atoms with van der Waals surface area (Å²) in [5, 5.41) is 8.91. The van der Waals surface area contributed by atoms with E-state index in [-0.39, 0.29) is 0 Å². The molecule has 0 fully saturated rings. The average Bonchev–Trinajstić information content (AvgIpc) is 2.34. The number of halogens is 1. The highest BCUT2D eigenvalue weighted by Gasteiger charge is 2.09. The van der Waals surface area contributed by atoms with Gasteiger partial charge in [-0.1, -0.05) is 0 Å². The summed E-state index contributed by atoms with van der Waals surface area (Å²) < 4.78 is 4.62. The molecule has 0 radical (unpaired) electrons. The van der Waals surface area contributed by atoms with Crippen LogP contribution in [0, 0.1) is 11.3 Å². The molecule has 0 aliphatic carbocycles. The van der Waals surface area contributed by atoms with Crippen molar-refractivity contribution < 1.29 is 9.53 Å². The van der Waals surface area contributed by atoms with Crippen molar-refractivity contribution in [3.8, 4) is 6.07 Å². The van der Waals surface area contributed by atoms with Crippen LogP contribution in [0.25, 0.3) is 0 Å². The zero-order valence-corrected chi connectivity index (χ0v) is 9.75. The van der Waals surface area contributed by atoms with Crippen molar-refractivity contribution in [3.05, 3.63) is 34.9 Å². The highest BCUT2D eigenvalue weighted by molar-refractivity contribution is 6.17. The highest BCUT2D eigenvalue weighted by atomic mass is 35.5. The molecule has 0 aliphatic rings. The number of hydrogen-bond donors (Lipinski definition) is 0. The van der Waals surface area contributed by atoms with Gasteiger partial charge in [0.15, 0.2) is 0 Å². The third kappa shape index (κ3) is 2.98. The van der Waals surface area contributed by atoms with E-state index in [0.717, 1.165) is 12.0 Å². The molecular weight excluding hydrogens is 226 g/mol. The summed E-state index contributed by atoms with van der Waals surface area (Å²) in [6.07, 6.45) is 1.47. The van der Waals surface area contributed by atoms with Crippen molar-refractivity contribution in [1.29, 1.82) is 5.26 Å². The fourth-order valence-corrected chi connectivity index (χ4v) is 1.55. The van der Waals surface area contributed by atoms with Gasteiger partial charge in [-0.05, 0) is 36.6 Å². The van der Waals surface area contributed by atoms with E-state index in [9.17, 15) is 4.79 Å². The van der Waals surface area contributed by atoms with E-state index in [1.165, 1.54) is 7.11 Å². The third-order valence-corrected chi connectivity index (χ3v) is 2.49. The van der Waals surface area contributed by atoms with E-state index < -0.39 is 5.97 Å². The van der Waals surface area contributed by atoms with E-state index in [1.807, 2.05) is 0 Å².